The second kappa shape index (κ2) is 11.4. The van der Waals surface area contributed by atoms with Crippen molar-refractivity contribution in [1.29, 1.82) is 0 Å². The van der Waals surface area contributed by atoms with Crippen LogP contribution in [0.3, 0.4) is 0 Å². The average molecular weight is 446 g/mol. The third-order valence-electron chi connectivity index (χ3n) is 4.48. The van der Waals surface area contributed by atoms with Gasteiger partial charge >= 0.3 is 12.1 Å². The van der Waals surface area contributed by atoms with Crippen molar-refractivity contribution in [3.05, 3.63) is 59.7 Å². The van der Waals surface area contributed by atoms with E-state index in [1.54, 1.807) is 45.0 Å². The Balaban J connectivity index is 2.04. The Labute approximate surface area is 188 Å². The number of esters is 1. The van der Waals surface area contributed by atoms with Gasteiger partial charge in [-0.15, -0.1) is 0 Å². The van der Waals surface area contributed by atoms with E-state index in [2.05, 4.69) is 4.74 Å². The van der Waals surface area contributed by atoms with Crippen molar-refractivity contribution in [2.24, 2.45) is 0 Å². The van der Waals surface area contributed by atoms with Crippen LogP contribution in [0.1, 0.15) is 38.0 Å². The van der Waals surface area contributed by atoms with E-state index in [0.29, 0.717) is 24.3 Å². The Kier molecular flexibility index (Phi) is 8.90. The number of carbonyl (C=O) groups is 2. The molecule has 0 aromatic heterocycles. The Hall–Kier alpha value is -3.26. The van der Waals surface area contributed by atoms with Crippen LogP contribution in [0, 0.1) is 0 Å². The number of rotatable bonds is 9. The molecule has 0 fully saturated rings. The highest BCUT2D eigenvalue weighted by molar-refractivity contribution is 5.70. The zero-order valence-corrected chi connectivity index (χ0v) is 18.9. The molecule has 0 heterocycles. The maximum atomic E-state index is 12.7. The van der Waals surface area contributed by atoms with Gasteiger partial charge in [-0.25, -0.2) is 9.59 Å². The van der Waals surface area contributed by atoms with Crippen molar-refractivity contribution < 1.29 is 34.0 Å². The zero-order chi connectivity index (χ0) is 23.7. The highest BCUT2D eigenvalue weighted by atomic mass is 16.6. The molecule has 0 unspecified atom stereocenters. The van der Waals surface area contributed by atoms with Crippen molar-refractivity contribution in [2.45, 2.75) is 38.9 Å². The third-order valence-corrected chi connectivity index (χ3v) is 4.48. The number of ether oxygens (including phenoxy) is 3. The monoisotopic (exact) mass is 445 g/mol. The van der Waals surface area contributed by atoms with Crippen molar-refractivity contribution in [3.8, 4) is 11.5 Å². The number of phenolic OH excluding ortho intramolecular Hbond substituents is 1. The van der Waals surface area contributed by atoms with Gasteiger partial charge in [0.25, 0.3) is 0 Å². The molecule has 0 aliphatic carbocycles. The summed E-state index contributed by atoms with van der Waals surface area (Å²) in [6, 6.07) is 13.4. The van der Waals surface area contributed by atoms with Crippen LogP contribution in [0.2, 0.25) is 0 Å². The molecule has 174 valence electrons. The van der Waals surface area contributed by atoms with Gasteiger partial charge in [0.1, 0.15) is 17.1 Å². The number of hydrogen-bond acceptors (Lipinski definition) is 7. The van der Waals surface area contributed by atoms with E-state index >= 15 is 0 Å². The van der Waals surface area contributed by atoms with Crippen LogP contribution < -0.4 is 4.74 Å². The first kappa shape index (κ1) is 25.0. The first-order chi connectivity index (χ1) is 15.1. The summed E-state index contributed by atoms with van der Waals surface area (Å²) in [4.78, 5) is 25.3. The number of hydrogen-bond donors (Lipinski definition) is 2. The predicted molar refractivity (Wildman–Crippen MR) is 119 cm³/mol. The number of aliphatic hydroxyl groups is 1. The summed E-state index contributed by atoms with van der Waals surface area (Å²) in [5, 5.41) is 20.3. The number of aromatic hydroxyl groups is 1. The molecule has 8 heteroatoms. The summed E-state index contributed by atoms with van der Waals surface area (Å²) in [6.07, 6.45) is -0.998. The van der Waals surface area contributed by atoms with Gasteiger partial charge in [-0.1, -0.05) is 24.3 Å². The highest BCUT2D eigenvalue weighted by Gasteiger charge is 2.24. The Morgan fingerprint density at radius 2 is 1.78 bits per heavy atom. The number of aliphatic hydroxyl groups excluding tert-OH is 1. The predicted octanol–water partition coefficient (Wildman–Crippen LogP) is 3.46. The minimum absolute atomic E-state index is 0.0126. The van der Waals surface area contributed by atoms with Crippen LogP contribution in [0.5, 0.6) is 11.5 Å². The minimum atomic E-state index is -0.983. The fourth-order valence-corrected chi connectivity index (χ4v) is 2.85. The number of phenols is 1. The quantitative estimate of drug-likeness (QED) is 0.570. The van der Waals surface area contributed by atoms with Gasteiger partial charge in [-0.05, 0) is 62.6 Å². The van der Waals surface area contributed by atoms with Crippen LogP contribution in [0.4, 0.5) is 4.79 Å². The minimum Gasteiger partial charge on any atom is -0.508 e. The van der Waals surface area contributed by atoms with E-state index < -0.39 is 23.8 Å². The lowest BCUT2D eigenvalue weighted by Gasteiger charge is -2.29. The largest absolute Gasteiger partial charge is 0.508 e. The average Bonchev–Trinajstić information content (AvgIpc) is 2.74. The van der Waals surface area contributed by atoms with E-state index in [1.807, 2.05) is 12.1 Å². The molecule has 8 nitrogen and oxygen atoms in total. The van der Waals surface area contributed by atoms with Crippen molar-refractivity contribution >= 4 is 12.1 Å². The fraction of sp³-hybridized carbons (Fsp3) is 0.417. The Morgan fingerprint density at radius 1 is 1.09 bits per heavy atom. The molecule has 1 atom stereocenters. The van der Waals surface area contributed by atoms with Gasteiger partial charge in [0, 0.05) is 6.54 Å². The maximum absolute atomic E-state index is 12.7. The molecule has 0 aliphatic rings. The Bertz CT molecular complexity index is 890. The molecular weight excluding hydrogens is 414 g/mol. The lowest BCUT2D eigenvalue weighted by molar-refractivity contribution is -0.142. The molecule has 2 aromatic rings. The molecule has 0 spiro atoms. The molecule has 1 amide bonds. The zero-order valence-electron chi connectivity index (χ0n) is 18.9. The van der Waals surface area contributed by atoms with E-state index in [0.717, 1.165) is 5.56 Å². The molecule has 0 saturated heterocycles. The molecule has 32 heavy (non-hydrogen) atoms. The SMILES string of the molecule is COC(=O)COc1ccc(CCN(C[C@H](O)c2cccc(O)c2)C(=O)OC(C)(C)C)cc1. The standard InChI is InChI=1S/C24H31NO7/c1-24(2,3)32-23(29)25(15-21(27)18-6-5-7-19(26)14-18)13-12-17-8-10-20(11-9-17)31-16-22(28)30-4/h5-11,14,21,26-27H,12-13,15-16H2,1-4H3/t21-/m0/s1. The van der Waals surface area contributed by atoms with Gasteiger partial charge in [-0.3, -0.25) is 0 Å². The number of methoxy groups -OCH3 is 1. The van der Waals surface area contributed by atoms with Gasteiger partial charge in [-0.2, -0.15) is 0 Å². The van der Waals surface area contributed by atoms with E-state index in [-0.39, 0.29) is 18.9 Å². The van der Waals surface area contributed by atoms with Crippen LogP contribution in [-0.4, -0.2) is 59.6 Å². The topological polar surface area (TPSA) is 106 Å². The number of benzene rings is 2. The molecule has 0 aliphatic heterocycles. The fourth-order valence-electron chi connectivity index (χ4n) is 2.85. The molecule has 2 rings (SSSR count). The second-order valence-electron chi connectivity index (χ2n) is 8.30. The van der Waals surface area contributed by atoms with Crippen LogP contribution in [0.15, 0.2) is 48.5 Å². The third kappa shape index (κ3) is 8.47. The summed E-state index contributed by atoms with van der Waals surface area (Å²) in [6.45, 7) is 5.49. The molecular formula is C24H31NO7. The maximum Gasteiger partial charge on any atom is 0.410 e. The van der Waals surface area contributed by atoms with Crippen LogP contribution in [0.25, 0.3) is 0 Å². The summed E-state index contributed by atoms with van der Waals surface area (Å²) in [7, 11) is 1.29. The first-order valence-corrected chi connectivity index (χ1v) is 10.3. The van der Waals surface area contributed by atoms with E-state index in [4.69, 9.17) is 9.47 Å². The summed E-state index contributed by atoms with van der Waals surface area (Å²) >= 11 is 0. The van der Waals surface area contributed by atoms with Gasteiger partial charge < -0.3 is 29.3 Å². The van der Waals surface area contributed by atoms with Gasteiger partial charge in [0.2, 0.25) is 0 Å². The molecule has 0 radical (unpaired) electrons. The highest BCUT2D eigenvalue weighted by Crippen LogP contribution is 2.21. The van der Waals surface area contributed by atoms with Crippen molar-refractivity contribution in [3.63, 3.8) is 0 Å². The van der Waals surface area contributed by atoms with Crippen LogP contribution >= 0.6 is 0 Å². The normalized spacial score (nSPS) is 12.0. The first-order valence-electron chi connectivity index (χ1n) is 10.3. The second-order valence-corrected chi connectivity index (χ2v) is 8.30. The van der Waals surface area contributed by atoms with Crippen molar-refractivity contribution in [1.82, 2.24) is 4.90 Å². The molecule has 2 aromatic carbocycles. The Morgan fingerprint density at radius 3 is 2.38 bits per heavy atom. The van der Waals surface area contributed by atoms with Crippen molar-refractivity contribution in [2.75, 3.05) is 26.8 Å². The summed E-state index contributed by atoms with van der Waals surface area (Å²) < 4.78 is 15.4. The molecule has 0 bridgehead atoms. The molecule has 2 N–H and O–H groups in total. The van der Waals surface area contributed by atoms with Crippen LogP contribution in [-0.2, 0) is 20.7 Å². The lowest BCUT2D eigenvalue weighted by atomic mass is 10.1. The smallest absolute Gasteiger partial charge is 0.410 e. The number of nitrogens with zero attached hydrogens (tertiary/aromatic N) is 1. The van der Waals surface area contributed by atoms with Gasteiger partial charge in [0.15, 0.2) is 6.61 Å². The summed E-state index contributed by atoms with van der Waals surface area (Å²) in [5.74, 6) is 0.106. The lowest BCUT2D eigenvalue weighted by Crippen LogP contribution is -2.40. The van der Waals surface area contributed by atoms with E-state index in [1.165, 1.54) is 24.1 Å². The summed E-state index contributed by atoms with van der Waals surface area (Å²) in [5.41, 5.74) is 0.769. The number of amides is 1. The van der Waals surface area contributed by atoms with Gasteiger partial charge in [0.05, 0.1) is 19.8 Å². The number of carbonyl (C=O) groups excluding carboxylic acids is 2. The molecule has 0 saturated carbocycles. The van der Waals surface area contributed by atoms with E-state index in [9.17, 15) is 19.8 Å².